The second kappa shape index (κ2) is 15.6. The van der Waals surface area contributed by atoms with Crippen molar-refractivity contribution < 1.29 is 14.1 Å². The Morgan fingerprint density at radius 2 is 1.16 bits per heavy atom. The van der Waals surface area contributed by atoms with Crippen molar-refractivity contribution in [3.05, 3.63) is 58.7 Å². The summed E-state index contributed by atoms with van der Waals surface area (Å²) in [5.41, 5.74) is 6.29. The van der Waals surface area contributed by atoms with Crippen LogP contribution in [0.4, 0.5) is 11.4 Å². The Labute approximate surface area is 231 Å². The van der Waals surface area contributed by atoms with Crippen LogP contribution in [0, 0.1) is 27.7 Å². The van der Waals surface area contributed by atoms with Crippen molar-refractivity contribution >= 4 is 23.2 Å². The molecule has 6 nitrogen and oxygen atoms in total. The van der Waals surface area contributed by atoms with Gasteiger partial charge in [0.2, 0.25) is 5.91 Å². The monoisotopic (exact) mass is 523 g/mol. The number of quaternary nitrogens is 1. The van der Waals surface area contributed by atoms with Crippen molar-refractivity contribution in [1.82, 2.24) is 4.90 Å². The van der Waals surface area contributed by atoms with Crippen LogP contribution in [0.15, 0.2) is 36.4 Å². The minimum atomic E-state index is 0.0414. The molecule has 2 rings (SSSR count). The number of benzene rings is 2. The lowest BCUT2D eigenvalue weighted by molar-refractivity contribution is -0.917. The second-order valence-electron chi connectivity index (χ2n) is 11.0. The molecule has 38 heavy (non-hydrogen) atoms. The van der Waals surface area contributed by atoms with Crippen molar-refractivity contribution in [2.75, 3.05) is 56.9 Å². The molecule has 0 aliphatic carbocycles. The number of likely N-dealkylation sites (N-methyl/N-ethyl adjacent to an activating group) is 2. The number of para-hydroxylation sites is 2. The van der Waals surface area contributed by atoms with Gasteiger partial charge in [0.05, 0.1) is 26.2 Å². The van der Waals surface area contributed by atoms with E-state index in [2.05, 4.69) is 29.4 Å². The summed E-state index contributed by atoms with van der Waals surface area (Å²) in [7, 11) is 2.02. The van der Waals surface area contributed by atoms with E-state index in [4.69, 9.17) is 0 Å². The lowest BCUT2D eigenvalue weighted by atomic mass is 10.1. The molecule has 0 saturated heterocycles. The van der Waals surface area contributed by atoms with E-state index in [-0.39, 0.29) is 11.8 Å². The summed E-state index contributed by atoms with van der Waals surface area (Å²) in [4.78, 5) is 27.5. The summed E-state index contributed by atoms with van der Waals surface area (Å²) >= 11 is 0. The first-order valence-corrected chi connectivity index (χ1v) is 14.4. The van der Waals surface area contributed by atoms with Gasteiger partial charge in [-0.1, -0.05) is 49.2 Å². The summed E-state index contributed by atoms with van der Waals surface area (Å²) in [6, 6.07) is 12.2. The predicted molar refractivity (Wildman–Crippen MR) is 161 cm³/mol. The minimum absolute atomic E-state index is 0.0414. The average molecular weight is 524 g/mol. The Hall–Kier alpha value is -2.70. The van der Waals surface area contributed by atoms with E-state index >= 15 is 0 Å². The zero-order valence-corrected chi connectivity index (χ0v) is 25.0. The Kier molecular flexibility index (Phi) is 13.0. The van der Waals surface area contributed by atoms with Crippen LogP contribution < -0.4 is 10.6 Å². The van der Waals surface area contributed by atoms with Gasteiger partial charge >= 0.3 is 0 Å². The number of hydrogen-bond donors (Lipinski definition) is 2. The highest BCUT2D eigenvalue weighted by Gasteiger charge is 2.27. The Bertz CT molecular complexity index is 1010. The number of carbonyl (C=O) groups excluding carboxylic acids is 2. The van der Waals surface area contributed by atoms with Gasteiger partial charge in [-0.3, -0.25) is 14.5 Å². The molecule has 2 amide bonds. The molecular formula is C32H51N4O2+. The summed E-state index contributed by atoms with van der Waals surface area (Å²) in [5.74, 6) is 0.149. The fourth-order valence-electron chi connectivity index (χ4n) is 5.21. The van der Waals surface area contributed by atoms with E-state index in [9.17, 15) is 9.59 Å². The number of nitrogens with one attached hydrogen (secondary N) is 2. The van der Waals surface area contributed by atoms with Crippen LogP contribution in [0.25, 0.3) is 0 Å². The molecule has 0 unspecified atom stereocenters. The van der Waals surface area contributed by atoms with Crippen LogP contribution in [-0.4, -0.2) is 67.5 Å². The van der Waals surface area contributed by atoms with E-state index < -0.39 is 0 Å². The van der Waals surface area contributed by atoms with Gasteiger partial charge in [-0.15, -0.1) is 0 Å². The van der Waals surface area contributed by atoms with Crippen LogP contribution in [0.2, 0.25) is 0 Å². The first-order chi connectivity index (χ1) is 18.1. The van der Waals surface area contributed by atoms with Gasteiger partial charge in [0, 0.05) is 11.4 Å². The maximum absolute atomic E-state index is 12.9. The molecule has 0 fully saturated rings. The highest BCUT2D eigenvalue weighted by atomic mass is 16.2. The van der Waals surface area contributed by atoms with Crippen molar-refractivity contribution in [3.63, 3.8) is 0 Å². The van der Waals surface area contributed by atoms with Crippen LogP contribution in [-0.2, 0) is 9.59 Å². The van der Waals surface area contributed by atoms with Crippen molar-refractivity contribution in [2.24, 2.45) is 0 Å². The number of anilines is 2. The third-order valence-electron chi connectivity index (χ3n) is 7.90. The van der Waals surface area contributed by atoms with Crippen molar-refractivity contribution in [1.29, 1.82) is 0 Å². The first kappa shape index (κ1) is 31.5. The van der Waals surface area contributed by atoms with Crippen LogP contribution in [0.1, 0.15) is 68.2 Å². The van der Waals surface area contributed by atoms with Gasteiger partial charge in [-0.05, 0) is 96.7 Å². The molecule has 2 aromatic carbocycles. The number of hydrogen-bond acceptors (Lipinski definition) is 3. The molecule has 0 aliphatic rings. The van der Waals surface area contributed by atoms with Crippen LogP contribution >= 0.6 is 0 Å². The SMILES string of the molecule is CC[N+](CC)(CCCCCCCN(C)CC(=O)Nc1c(C)cccc1C)CC(=O)Nc1c(C)cccc1C. The van der Waals surface area contributed by atoms with E-state index in [0.29, 0.717) is 13.1 Å². The highest BCUT2D eigenvalue weighted by Crippen LogP contribution is 2.21. The van der Waals surface area contributed by atoms with E-state index in [1.54, 1.807) is 0 Å². The Morgan fingerprint density at radius 1 is 0.711 bits per heavy atom. The third-order valence-corrected chi connectivity index (χ3v) is 7.90. The third kappa shape index (κ3) is 9.88. The topological polar surface area (TPSA) is 61.4 Å². The Morgan fingerprint density at radius 3 is 1.66 bits per heavy atom. The number of unbranched alkanes of at least 4 members (excludes halogenated alkanes) is 4. The molecule has 0 saturated carbocycles. The summed E-state index contributed by atoms with van der Waals surface area (Å²) in [6.45, 7) is 17.3. The summed E-state index contributed by atoms with van der Waals surface area (Å²) < 4.78 is 0.828. The Balaban J connectivity index is 1.67. The molecule has 2 N–H and O–H groups in total. The van der Waals surface area contributed by atoms with E-state index in [1.165, 1.54) is 12.8 Å². The van der Waals surface area contributed by atoms with Crippen molar-refractivity contribution in [3.8, 4) is 0 Å². The molecule has 210 valence electrons. The zero-order valence-electron chi connectivity index (χ0n) is 25.0. The van der Waals surface area contributed by atoms with Gasteiger partial charge in [-0.25, -0.2) is 0 Å². The molecule has 0 radical (unpaired) electrons. The molecule has 0 spiro atoms. The summed E-state index contributed by atoms with van der Waals surface area (Å²) in [5, 5.41) is 6.25. The number of carbonyl (C=O) groups is 2. The van der Waals surface area contributed by atoms with Gasteiger partial charge < -0.3 is 15.1 Å². The zero-order chi connectivity index (χ0) is 28.1. The number of aryl methyl sites for hydroxylation is 4. The van der Waals surface area contributed by atoms with Gasteiger partial charge in [0.25, 0.3) is 5.91 Å². The predicted octanol–water partition coefficient (Wildman–Crippen LogP) is 6.24. The molecule has 0 bridgehead atoms. The lowest BCUT2D eigenvalue weighted by Gasteiger charge is -2.36. The fourth-order valence-corrected chi connectivity index (χ4v) is 5.21. The molecule has 6 heteroatoms. The minimum Gasteiger partial charge on any atom is -0.324 e. The first-order valence-electron chi connectivity index (χ1n) is 14.4. The second-order valence-corrected chi connectivity index (χ2v) is 11.0. The number of rotatable bonds is 16. The van der Waals surface area contributed by atoms with Crippen molar-refractivity contribution in [2.45, 2.75) is 73.6 Å². The number of amides is 2. The molecule has 0 heterocycles. The maximum atomic E-state index is 12.9. The smallest absolute Gasteiger partial charge is 0.279 e. The molecule has 0 atom stereocenters. The largest absolute Gasteiger partial charge is 0.324 e. The molecule has 0 aliphatic heterocycles. The average Bonchev–Trinajstić information content (AvgIpc) is 2.87. The van der Waals surface area contributed by atoms with Gasteiger partial charge in [-0.2, -0.15) is 0 Å². The lowest BCUT2D eigenvalue weighted by Crippen LogP contribution is -2.52. The number of nitrogens with zero attached hydrogens (tertiary/aromatic N) is 2. The van der Waals surface area contributed by atoms with E-state index in [1.807, 2.05) is 71.1 Å². The normalized spacial score (nSPS) is 11.6. The molecule has 0 aromatic heterocycles. The van der Waals surface area contributed by atoms with Crippen LogP contribution in [0.3, 0.4) is 0 Å². The molecular weight excluding hydrogens is 472 g/mol. The highest BCUT2D eigenvalue weighted by molar-refractivity contribution is 5.94. The van der Waals surface area contributed by atoms with Gasteiger partial charge in [0.15, 0.2) is 6.54 Å². The fraction of sp³-hybridized carbons (Fsp3) is 0.562. The standard InChI is InChI=1S/C32H50N4O2/c1-8-36(9-2,24-30(38)34-32-27(5)19-16-20-28(32)6)22-14-12-10-11-13-21-35(7)23-29(37)33-31-25(3)17-15-18-26(31)4/h15-20H,8-14,21-24H2,1-7H3,(H-,33,34,37,38)/p+1. The van der Waals surface area contributed by atoms with Gasteiger partial charge in [0.1, 0.15) is 0 Å². The maximum Gasteiger partial charge on any atom is 0.279 e. The van der Waals surface area contributed by atoms with Crippen LogP contribution in [0.5, 0.6) is 0 Å². The van der Waals surface area contributed by atoms with E-state index in [0.717, 1.165) is 83.6 Å². The summed E-state index contributed by atoms with van der Waals surface area (Å²) in [6.07, 6.45) is 5.74. The quantitative estimate of drug-likeness (QED) is 0.202. The molecule has 2 aromatic rings.